The van der Waals surface area contributed by atoms with Crippen molar-refractivity contribution >= 4 is 22.5 Å². The Hall–Kier alpha value is -4.12. The SMILES string of the molecule is O=C(C1=CC=C(c2nc3ncc(-c4ccccc4F)cc3[nH]2)CC=C1)c1ccccc1. The van der Waals surface area contributed by atoms with Crippen LogP contribution in [0.15, 0.2) is 96.7 Å². The predicted octanol–water partition coefficient (Wildman–Crippen LogP) is 5.92. The van der Waals surface area contributed by atoms with Crippen molar-refractivity contribution in [1.82, 2.24) is 15.0 Å². The van der Waals surface area contributed by atoms with Crippen molar-refractivity contribution in [2.75, 3.05) is 0 Å². The number of hydrogen-bond donors (Lipinski definition) is 1. The van der Waals surface area contributed by atoms with Gasteiger partial charge in [-0.15, -0.1) is 0 Å². The molecule has 0 bridgehead atoms. The van der Waals surface area contributed by atoms with Crippen LogP contribution in [0.3, 0.4) is 0 Å². The van der Waals surface area contributed by atoms with Crippen LogP contribution in [0.2, 0.25) is 0 Å². The van der Waals surface area contributed by atoms with E-state index >= 15 is 0 Å². The maximum Gasteiger partial charge on any atom is 0.193 e. The summed E-state index contributed by atoms with van der Waals surface area (Å²) in [5.74, 6) is 0.374. The Morgan fingerprint density at radius 2 is 1.81 bits per heavy atom. The predicted molar refractivity (Wildman–Crippen MR) is 120 cm³/mol. The highest BCUT2D eigenvalue weighted by Gasteiger charge is 2.14. The molecule has 0 amide bonds. The minimum Gasteiger partial charge on any atom is -0.337 e. The fourth-order valence-electron chi connectivity index (χ4n) is 3.60. The van der Waals surface area contributed by atoms with Gasteiger partial charge in [0.1, 0.15) is 11.6 Å². The van der Waals surface area contributed by atoms with Crippen LogP contribution in [0.1, 0.15) is 22.6 Å². The maximum absolute atomic E-state index is 14.1. The number of nitrogens with zero attached hydrogens (tertiary/aromatic N) is 2. The van der Waals surface area contributed by atoms with Crippen LogP contribution >= 0.6 is 0 Å². The lowest BCUT2D eigenvalue weighted by Crippen LogP contribution is -2.00. The molecule has 5 heteroatoms. The minimum absolute atomic E-state index is 0.0184. The first-order chi connectivity index (χ1) is 15.2. The number of nitrogens with one attached hydrogen (secondary N) is 1. The molecule has 1 N–H and O–H groups in total. The number of carbonyl (C=O) groups is 1. The topological polar surface area (TPSA) is 58.6 Å². The summed E-state index contributed by atoms with van der Waals surface area (Å²) in [5.41, 5.74) is 4.70. The Morgan fingerprint density at radius 1 is 1.00 bits per heavy atom. The molecule has 150 valence electrons. The van der Waals surface area contributed by atoms with Crippen LogP contribution < -0.4 is 0 Å². The van der Waals surface area contributed by atoms with Gasteiger partial charge in [0.25, 0.3) is 0 Å². The van der Waals surface area contributed by atoms with Gasteiger partial charge in [0.2, 0.25) is 0 Å². The Morgan fingerprint density at radius 3 is 2.65 bits per heavy atom. The highest BCUT2D eigenvalue weighted by atomic mass is 19.1. The normalized spacial score (nSPS) is 13.6. The molecule has 1 aliphatic carbocycles. The van der Waals surface area contributed by atoms with Gasteiger partial charge in [0.05, 0.1) is 5.52 Å². The standard InChI is InChI=1S/C26H18FN3O/c27-22-12-5-4-11-21(22)20-15-23-26(28-16-20)30-25(29-23)19-10-6-9-18(13-14-19)24(31)17-7-2-1-3-8-17/h1-9,11-16H,10H2,(H,28,29,30). The molecule has 0 spiro atoms. The van der Waals surface area contributed by atoms with E-state index in [4.69, 9.17) is 0 Å². The van der Waals surface area contributed by atoms with Crippen LogP contribution in [0, 0.1) is 5.82 Å². The minimum atomic E-state index is -0.291. The molecule has 0 saturated heterocycles. The zero-order valence-corrected chi connectivity index (χ0v) is 16.5. The molecule has 2 aromatic heterocycles. The number of ketones is 1. The van der Waals surface area contributed by atoms with Gasteiger partial charge in [-0.1, -0.05) is 72.8 Å². The summed E-state index contributed by atoms with van der Waals surface area (Å²) >= 11 is 0. The Balaban J connectivity index is 1.47. The number of aromatic amines is 1. The molecule has 4 nitrogen and oxygen atoms in total. The fraction of sp³-hybridized carbons (Fsp3) is 0.0385. The quantitative estimate of drug-likeness (QED) is 0.428. The van der Waals surface area contributed by atoms with Gasteiger partial charge in [-0.3, -0.25) is 4.79 Å². The molecule has 0 unspecified atom stereocenters. The molecule has 31 heavy (non-hydrogen) atoms. The van der Waals surface area contributed by atoms with E-state index in [1.54, 1.807) is 24.4 Å². The van der Waals surface area contributed by atoms with Gasteiger partial charge in [-0.2, -0.15) is 0 Å². The van der Waals surface area contributed by atoms with Crippen LogP contribution in [0.5, 0.6) is 0 Å². The van der Waals surface area contributed by atoms with Crippen molar-refractivity contribution in [3.05, 3.63) is 114 Å². The zero-order chi connectivity index (χ0) is 21.2. The van der Waals surface area contributed by atoms with Gasteiger partial charge in [-0.05, 0) is 24.1 Å². The van der Waals surface area contributed by atoms with E-state index in [0.717, 1.165) is 11.1 Å². The molecule has 0 aliphatic heterocycles. The van der Waals surface area contributed by atoms with Crippen molar-refractivity contribution in [1.29, 1.82) is 0 Å². The Bertz CT molecular complexity index is 1380. The third-order valence-corrected chi connectivity index (χ3v) is 5.22. The van der Waals surface area contributed by atoms with Gasteiger partial charge in [-0.25, -0.2) is 14.4 Å². The second kappa shape index (κ2) is 7.95. The van der Waals surface area contributed by atoms with E-state index in [1.807, 2.05) is 60.7 Å². The molecule has 4 aromatic rings. The lowest BCUT2D eigenvalue weighted by atomic mass is 10.0. The number of hydrogen-bond acceptors (Lipinski definition) is 3. The first kappa shape index (κ1) is 18.9. The third kappa shape index (κ3) is 3.73. The van der Waals surface area contributed by atoms with Crippen molar-refractivity contribution < 1.29 is 9.18 Å². The summed E-state index contributed by atoms with van der Waals surface area (Å²) in [6.07, 6.45) is 9.78. The van der Waals surface area contributed by atoms with E-state index < -0.39 is 0 Å². The van der Waals surface area contributed by atoms with Crippen LogP contribution in [0.25, 0.3) is 27.9 Å². The molecule has 0 fully saturated rings. The van der Waals surface area contributed by atoms with Crippen molar-refractivity contribution in [3.8, 4) is 11.1 Å². The summed E-state index contributed by atoms with van der Waals surface area (Å²) in [7, 11) is 0. The third-order valence-electron chi connectivity index (χ3n) is 5.22. The number of imidazole rings is 1. The van der Waals surface area contributed by atoms with Crippen molar-refractivity contribution in [3.63, 3.8) is 0 Å². The number of pyridine rings is 1. The van der Waals surface area contributed by atoms with Gasteiger partial charge in [0, 0.05) is 28.5 Å². The number of rotatable bonds is 4. The second-order valence-electron chi connectivity index (χ2n) is 7.28. The average Bonchev–Trinajstić information content (AvgIpc) is 3.07. The highest BCUT2D eigenvalue weighted by Crippen LogP contribution is 2.27. The number of H-pyrrole nitrogens is 1. The van der Waals surface area contributed by atoms with Crippen molar-refractivity contribution in [2.45, 2.75) is 6.42 Å². The lowest BCUT2D eigenvalue weighted by Gasteiger charge is -2.02. The second-order valence-corrected chi connectivity index (χ2v) is 7.28. The monoisotopic (exact) mass is 407 g/mol. The molecular formula is C26H18FN3O. The summed E-state index contributed by atoms with van der Waals surface area (Å²) in [6, 6.07) is 17.7. The summed E-state index contributed by atoms with van der Waals surface area (Å²) in [4.78, 5) is 25.0. The average molecular weight is 407 g/mol. The van der Waals surface area contributed by atoms with E-state index in [0.29, 0.717) is 40.2 Å². The molecule has 2 aromatic carbocycles. The number of benzene rings is 2. The van der Waals surface area contributed by atoms with E-state index in [2.05, 4.69) is 15.0 Å². The van der Waals surface area contributed by atoms with E-state index in [1.165, 1.54) is 6.07 Å². The number of allylic oxidation sites excluding steroid dienone is 6. The molecule has 0 saturated carbocycles. The molecule has 2 heterocycles. The first-order valence-corrected chi connectivity index (χ1v) is 9.97. The van der Waals surface area contributed by atoms with E-state index in [-0.39, 0.29) is 11.6 Å². The van der Waals surface area contributed by atoms with Crippen LogP contribution in [-0.2, 0) is 0 Å². The summed E-state index contributed by atoms with van der Waals surface area (Å²) < 4.78 is 14.1. The van der Waals surface area contributed by atoms with Gasteiger partial charge < -0.3 is 4.98 Å². The smallest absolute Gasteiger partial charge is 0.193 e. The first-order valence-electron chi connectivity index (χ1n) is 9.97. The van der Waals surface area contributed by atoms with Crippen molar-refractivity contribution in [2.24, 2.45) is 0 Å². The number of Topliss-reactive ketones (excluding diaryl/α,β-unsaturated/α-hetero) is 1. The summed E-state index contributed by atoms with van der Waals surface area (Å²) in [5, 5.41) is 0. The maximum atomic E-state index is 14.1. The van der Waals surface area contributed by atoms with Gasteiger partial charge in [0.15, 0.2) is 11.4 Å². The largest absolute Gasteiger partial charge is 0.337 e. The molecular weight excluding hydrogens is 389 g/mol. The molecule has 5 rings (SSSR count). The van der Waals surface area contributed by atoms with Gasteiger partial charge >= 0.3 is 0 Å². The highest BCUT2D eigenvalue weighted by molar-refractivity contribution is 6.11. The zero-order valence-electron chi connectivity index (χ0n) is 16.5. The van der Waals surface area contributed by atoms with E-state index in [9.17, 15) is 9.18 Å². The Labute approximate surface area is 178 Å². The lowest BCUT2D eigenvalue weighted by molar-refractivity contribution is 0.103. The number of halogens is 1. The fourth-order valence-corrected chi connectivity index (χ4v) is 3.60. The number of fused-ring (bicyclic) bond motifs is 1. The van der Waals surface area contributed by atoms with Crippen LogP contribution in [0.4, 0.5) is 4.39 Å². The van der Waals surface area contributed by atoms with Crippen LogP contribution in [-0.4, -0.2) is 20.7 Å². The summed E-state index contributed by atoms with van der Waals surface area (Å²) in [6.45, 7) is 0. The molecule has 0 atom stereocenters. The Kier molecular flexibility index (Phi) is 4.84. The molecule has 1 aliphatic rings. The number of carbonyl (C=O) groups excluding carboxylic acids is 1. The molecule has 0 radical (unpaired) electrons. The number of aromatic nitrogens is 3.